The molecule has 1 amide bonds. The molecule has 1 saturated heterocycles. The monoisotopic (exact) mass is 359 g/mol. The van der Waals surface area contributed by atoms with Crippen molar-refractivity contribution in [2.75, 3.05) is 31.8 Å². The van der Waals surface area contributed by atoms with E-state index in [2.05, 4.69) is 0 Å². The summed E-state index contributed by atoms with van der Waals surface area (Å²) < 4.78 is 28.4. The first-order valence-corrected chi connectivity index (χ1v) is 9.84. The van der Waals surface area contributed by atoms with Crippen LogP contribution in [0, 0.1) is 0 Å². The van der Waals surface area contributed by atoms with Crippen molar-refractivity contribution < 1.29 is 17.9 Å². The molecule has 1 aliphatic heterocycles. The average Bonchev–Trinajstić information content (AvgIpc) is 2.87. The topological polar surface area (TPSA) is 63.7 Å². The maximum Gasteiger partial charge on any atom is 0.223 e. The van der Waals surface area contributed by atoms with Crippen LogP contribution in [0.4, 0.5) is 0 Å². The summed E-state index contributed by atoms with van der Waals surface area (Å²) in [6.45, 7) is 0.833. The van der Waals surface area contributed by atoms with Crippen LogP contribution in [0.2, 0.25) is 5.02 Å². The number of aryl methyl sites for hydroxylation is 1. The number of amides is 1. The number of nitrogens with zero attached hydrogens (tertiary/aromatic N) is 1. The second-order valence-corrected chi connectivity index (χ2v) is 8.43. The molecule has 0 radical (unpaired) electrons. The number of hydrogen-bond donors (Lipinski definition) is 0. The number of methoxy groups -OCH3 is 1. The number of ether oxygens (including phenoxy) is 1. The number of halogens is 1. The van der Waals surface area contributed by atoms with E-state index < -0.39 is 9.84 Å². The minimum atomic E-state index is -3.02. The zero-order valence-electron chi connectivity index (χ0n) is 13.2. The lowest BCUT2D eigenvalue weighted by Crippen LogP contribution is -2.43. The summed E-state index contributed by atoms with van der Waals surface area (Å²) in [6, 6.07) is 7.17. The third-order valence-corrected chi connectivity index (χ3v) is 6.05. The highest BCUT2D eigenvalue weighted by atomic mass is 35.5. The SMILES string of the molecule is COCCN(C(=O)CCc1ccc(Cl)cc1)C1CCS(=O)(=O)C1. The van der Waals surface area contributed by atoms with E-state index in [4.69, 9.17) is 16.3 Å². The van der Waals surface area contributed by atoms with Gasteiger partial charge >= 0.3 is 0 Å². The molecule has 23 heavy (non-hydrogen) atoms. The fourth-order valence-corrected chi connectivity index (χ4v) is 4.62. The molecular formula is C16H22ClNO4S. The fourth-order valence-electron chi connectivity index (χ4n) is 2.77. The Morgan fingerprint density at radius 2 is 2.04 bits per heavy atom. The Labute approximate surface area is 142 Å². The van der Waals surface area contributed by atoms with E-state index in [0.717, 1.165) is 5.56 Å². The van der Waals surface area contributed by atoms with Gasteiger partial charge < -0.3 is 9.64 Å². The van der Waals surface area contributed by atoms with E-state index in [9.17, 15) is 13.2 Å². The van der Waals surface area contributed by atoms with Crippen LogP contribution in [0.5, 0.6) is 0 Å². The van der Waals surface area contributed by atoms with Gasteiger partial charge in [-0.3, -0.25) is 4.79 Å². The first-order valence-electron chi connectivity index (χ1n) is 7.64. The van der Waals surface area contributed by atoms with Gasteiger partial charge in [-0.15, -0.1) is 0 Å². The Morgan fingerprint density at radius 3 is 2.61 bits per heavy atom. The molecule has 1 atom stereocenters. The minimum Gasteiger partial charge on any atom is -0.383 e. The van der Waals surface area contributed by atoms with Gasteiger partial charge in [0.15, 0.2) is 9.84 Å². The van der Waals surface area contributed by atoms with Crippen molar-refractivity contribution in [3.63, 3.8) is 0 Å². The van der Waals surface area contributed by atoms with Gasteiger partial charge in [0.1, 0.15) is 0 Å². The summed E-state index contributed by atoms with van der Waals surface area (Å²) in [6.07, 6.45) is 1.47. The normalized spacial score (nSPS) is 19.7. The van der Waals surface area contributed by atoms with Crippen LogP contribution in [0.25, 0.3) is 0 Å². The molecule has 1 unspecified atom stereocenters. The predicted molar refractivity (Wildman–Crippen MR) is 90.4 cm³/mol. The van der Waals surface area contributed by atoms with Crippen molar-refractivity contribution in [3.05, 3.63) is 34.9 Å². The molecule has 0 N–H and O–H groups in total. The van der Waals surface area contributed by atoms with Gasteiger partial charge in [-0.25, -0.2) is 8.42 Å². The van der Waals surface area contributed by atoms with Crippen LogP contribution in [0.3, 0.4) is 0 Å². The van der Waals surface area contributed by atoms with Gasteiger partial charge in [-0.1, -0.05) is 23.7 Å². The van der Waals surface area contributed by atoms with Crippen molar-refractivity contribution in [2.45, 2.75) is 25.3 Å². The third-order valence-electron chi connectivity index (χ3n) is 4.05. The Balaban J connectivity index is 1.97. The van der Waals surface area contributed by atoms with Crippen LogP contribution in [0.15, 0.2) is 24.3 Å². The smallest absolute Gasteiger partial charge is 0.223 e. The van der Waals surface area contributed by atoms with E-state index in [1.54, 1.807) is 24.1 Å². The van der Waals surface area contributed by atoms with E-state index in [0.29, 0.717) is 37.4 Å². The average molecular weight is 360 g/mol. The largest absolute Gasteiger partial charge is 0.383 e. The highest BCUT2D eigenvalue weighted by Gasteiger charge is 2.34. The summed E-state index contributed by atoms with van der Waals surface area (Å²) in [5.41, 5.74) is 1.04. The molecular weight excluding hydrogens is 338 g/mol. The van der Waals surface area contributed by atoms with Crippen molar-refractivity contribution in [1.29, 1.82) is 0 Å². The van der Waals surface area contributed by atoms with Gasteiger partial charge in [-0.2, -0.15) is 0 Å². The summed E-state index contributed by atoms with van der Waals surface area (Å²) in [4.78, 5) is 14.2. The summed E-state index contributed by atoms with van der Waals surface area (Å²) in [7, 11) is -1.45. The molecule has 1 aliphatic rings. The molecule has 0 aliphatic carbocycles. The third kappa shape index (κ3) is 5.48. The molecule has 1 aromatic carbocycles. The first-order chi connectivity index (χ1) is 10.9. The van der Waals surface area contributed by atoms with Gasteiger partial charge in [-0.05, 0) is 30.5 Å². The van der Waals surface area contributed by atoms with Crippen LogP contribution in [-0.4, -0.2) is 57.0 Å². The molecule has 1 heterocycles. The van der Waals surface area contributed by atoms with Crippen molar-refractivity contribution in [3.8, 4) is 0 Å². The molecule has 5 nitrogen and oxygen atoms in total. The lowest BCUT2D eigenvalue weighted by Gasteiger charge is -2.28. The second kappa shape index (κ2) is 8.13. The number of carbonyl (C=O) groups excluding carboxylic acids is 1. The van der Waals surface area contributed by atoms with Crippen LogP contribution < -0.4 is 0 Å². The minimum absolute atomic E-state index is 0.0286. The van der Waals surface area contributed by atoms with Gasteiger partial charge in [0.05, 0.1) is 18.1 Å². The van der Waals surface area contributed by atoms with Gasteiger partial charge in [0.25, 0.3) is 0 Å². The van der Waals surface area contributed by atoms with Crippen molar-refractivity contribution in [2.24, 2.45) is 0 Å². The quantitative estimate of drug-likeness (QED) is 0.746. The van der Waals surface area contributed by atoms with Crippen LogP contribution >= 0.6 is 11.6 Å². The Kier molecular flexibility index (Phi) is 6.44. The van der Waals surface area contributed by atoms with E-state index in [1.165, 1.54) is 0 Å². The van der Waals surface area contributed by atoms with Crippen molar-refractivity contribution >= 4 is 27.3 Å². The molecule has 2 rings (SSSR count). The maximum atomic E-state index is 12.5. The lowest BCUT2D eigenvalue weighted by molar-refractivity contribution is -0.133. The Morgan fingerprint density at radius 1 is 1.35 bits per heavy atom. The fraction of sp³-hybridized carbons (Fsp3) is 0.562. The highest BCUT2D eigenvalue weighted by molar-refractivity contribution is 7.91. The molecule has 7 heteroatoms. The van der Waals surface area contributed by atoms with E-state index in [-0.39, 0.29) is 23.5 Å². The number of hydrogen-bond acceptors (Lipinski definition) is 4. The Hall–Kier alpha value is -1.11. The number of carbonyl (C=O) groups is 1. The lowest BCUT2D eigenvalue weighted by atomic mass is 10.1. The standard InChI is InChI=1S/C16H22ClNO4S/c1-22-10-9-18(15-8-11-23(20,21)12-15)16(19)7-4-13-2-5-14(17)6-3-13/h2-3,5-6,15H,4,7-12H2,1H3. The second-order valence-electron chi connectivity index (χ2n) is 5.76. The number of rotatable bonds is 7. The number of benzene rings is 1. The molecule has 1 fully saturated rings. The molecule has 0 aromatic heterocycles. The zero-order chi connectivity index (χ0) is 16.9. The van der Waals surface area contributed by atoms with E-state index >= 15 is 0 Å². The van der Waals surface area contributed by atoms with Gasteiger partial charge in [0.2, 0.25) is 5.91 Å². The maximum absolute atomic E-state index is 12.5. The molecule has 0 saturated carbocycles. The first kappa shape index (κ1) is 18.2. The summed E-state index contributed by atoms with van der Waals surface area (Å²) >= 11 is 5.85. The van der Waals surface area contributed by atoms with Gasteiger partial charge in [0, 0.05) is 31.1 Å². The molecule has 0 bridgehead atoms. The molecule has 0 spiro atoms. The molecule has 1 aromatic rings. The van der Waals surface area contributed by atoms with E-state index in [1.807, 2.05) is 12.1 Å². The predicted octanol–water partition coefficient (Wildman–Crippen LogP) is 1.93. The zero-order valence-corrected chi connectivity index (χ0v) is 14.8. The Bertz CT molecular complexity index is 630. The highest BCUT2D eigenvalue weighted by Crippen LogP contribution is 2.19. The van der Waals surface area contributed by atoms with Crippen LogP contribution in [-0.2, 0) is 25.8 Å². The summed E-state index contributed by atoms with van der Waals surface area (Å²) in [5, 5.41) is 0.665. The number of sulfone groups is 1. The molecule has 128 valence electrons. The van der Waals surface area contributed by atoms with Crippen molar-refractivity contribution in [1.82, 2.24) is 4.90 Å². The van der Waals surface area contributed by atoms with Crippen LogP contribution in [0.1, 0.15) is 18.4 Å². The summed E-state index contributed by atoms with van der Waals surface area (Å²) in [5.74, 6) is 0.189.